The van der Waals surface area contributed by atoms with Crippen molar-refractivity contribution < 1.29 is 24.4 Å². The zero-order valence-corrected chi connectivity index (χ0v) is 22.9. The van der Waals surface area contributed by atoms with Crippen LogP contribution in [0.5, 0.6) is 0 Å². The summed E-state index contributed by atoms with van der Waals surface area (Å²) in [6.07, 6.45) is 2.51. The second-order valence-electron chi connectivity index (χ2n) is 7.18. The van der Waals surface area contributed by atoms with Gasteiger partial charge < -0.3 is 0 Å². The van der Waals surface area contributed by atoms with Crippen LogP contribution in [0.1, 0.15) is 14.8 Å². The van der Waals surface area contributed by atoms with Gasteiger partial charge in [-0.15, -0.1) is 24.8 Å². The molecule has 0 radical (unpaired) electrons. The van der Waals surface area contributed by atoms with Gasteiger partial charge in [0, 0.05) is 0 Å². The molecule has 31 heavy (non-hydrogen) atoms. The molecule has 0 nitrogen and oxygen atoms in total. The Kier molecular flexibility index (Phi) is 8.48. The Bertz CT molecular complexity index is 1120. The van der Waals surface area contributed by atoms with Gasteiger partial charge in [-0.2, -0.15) is 0 Å². The molecule has 1 aliphatic rings. The zero-order chi connectivity index (χ0) is 19.6. The third kappa shape index (κ3) is 4.81. The Morgan fingerprint density at radius 2 is 1.10 bits per heavy atom. The van der Waals surface area contributed by atoms with Gasteiger partial charge in [0.1, 0.15) is 0 Å². The van der Waals surface area contributed by atoms with Gasteiger partial charge in [0.05, 0.1) is 0 Å². The predicted molar refractivity (Wildman–Crippen MR) is 136 cm³/mol. The van der Waals surface area contributed by atoms with Gasteiger partial charge in [0.2, 0.25) is 0 Å². The summed E-state index contributed by atoms with van der Waals surface area (Å²) in [4.78, 5) is 0. The maximum atomic E-state index is 2.51. The van der Waals surface area contributed by atoms with E-state index < -0.39 is 7.92 Å². The van der Waals surface area contributed by atoms with E-state index in [1.165, 1.54) is 32.9 Å². The molecule has 0 fully saturated rings. The fraction of sp³-hybridized carbons (Fsp3) is 0.0370. The second-order valence-corrected chi connectivity index (χ2v) is 11.5. The van der Waals surface area contributed by atoms with Crippen molar-refractivity contribution >= 4 is 49.4 Å². The van der Waals surface area contributed by atoms with Gasteiger partial charge in [0.25, 0.3) is 0 Å². The summed E-state index contributed by atoms with van der Waals surface area (Å²) in [5.74, 6) is 0. The number of allylic oxidation sites excluding steroid dienone is 1. The Morgan fingerprint density at radius 1 is 0.581 bits per heavy atom. The number of benzene rings is 4. The first-order valence-corrected chi connectivity index (χ1v) is 13.3. The third-order valence-electron chi connectivity index (χ3n) is 5.41. The molecule has 0 spiro atoms. The van der Waals surface area contributed by atoms with E-state index in [1.54, 1.807) is 5.31 Å². The van der Waals surface area contributed by atoms with Crippen LogP contribution in [0.2, 0.25) is 0 Å². The first-order valence-electron chi connectivity index (χ1n) is 9.84. The molecule has 0 aromatic heterocycles. The molecule has 4 aromatic rings. The average Bonchev–Trinajstić information content (AvgIpc) is 3.12. The molecule has 0 N–H and O–H groups in total. The summed E-state index contributed by atoms with van der Waals surface area (Å²) in [5, 5.41) is 4.48. The Morgan fingerprint density at radius 3 is 1.65 bits per heavy atom. The predicted octanol–water partition coefficient (Wildman–Crippen LogP) is 7.27. The number of hydrogen-bond acceptors (Lipinski definition) is 0. The molecule has 4 heteroatoms. The van der Waals surface area contributed by atoms with Crippen molar-refractivity contribution in [3.63, 3.8) is 0 Å². The number of hydrogen-bond donors (Lipinski definition) is 0. The molecule has 1 aliphatic carbocycles. The van der Waals surface area contributed by atoms with E-state index in [2.05, 4.69) is 115 Å². The minimum atomic E-state index is -0.523. The summed E-state index contributed by atoms with van der Waals surface area (Å²) in [6, 6.07) is 39.8. The van der Waals surface area contributed by atoms with Crippen LogP contribution in [-0.4, -0.2) is 0 Å². The topological polar surface area (TPSA) is 0 Å². The minimum absolute atomic E-state index is 0. The first kappa shape index (κ1) is 24.1. The molecule has 1 unspecified atom stereocenters. The van der Waals surface area contributed by atoms with Crippen molar-refractivity contribution in [1.82, 2.24) is 0 Å². The maximum absolute atomic E-state index is 2.51. The van der Waals surface area contributed by atoms with Crippen LogP contribution in [0.3, 0.4) is 0 Å². The first-order chi connectivity index (χ1) is 14.3. The molecule has 0 amide bonds. The van der Waals surface area contributed by atoms with Crippen LogP contribution < -0.4 is 10.6 Å². The van der Waals surface area contributed by atoms with Gasteiger partial charge in [0.15, 0.2) is 0 Å². The van der Waals surface area contributed by atoms with Crippen LogP contribution in [-0.2, 0) is 24.4 Å². The average molecular weight is 627 g/mol. The van der Waals surface area contributed by atoms with E-state index in [1.807, 2.05) is 0 Å². The molecule has 153 valence electrons. The summed E-state index contributed by atoms with van der Waals surface area (Å²) >= 11 is 1.12. The van der Waals surface area contributed by atoms with Crippen LogP contribution in [0, 0.1) is 0 Å². The number of rotatable bonds is 4. The van der Waals surface area contributed by atoms with Crippen molar-refractivity contribution in [3.8, 4) is 11.1 Å². The summed E-state index contributed by atoms with van der Waals surface area (Å²) < 4.78 is 0.556. The second kappa shape index (κ2) is 10.9. The zero-order valence-electron chi connectivity index (χ0n) is 16.8. The molecular weight excluding hydrogens is 605 g/mol. The van der Waals surface area contributed by atoms with Gasteiger partial charge in [-0.05, 0) is 0 Å². The van der Waals surface area contributed by atoms with Gasteiger partial charge in [-0.1, -0.05) is 0 Å². The van der Waals surface area contributed by atoms with E-state index in [0.29, 0.717) is 3.67 Å². The Hall–Kier alpha value is -1.50. The van der Waals surface area contributed by atoms with Crippen LogP contribution >= 0.6 is 32.7 Å². The molecule has 5 rings (SSSR count). The van der Waals surface area contributed by atoms with Crippen molar-refractivity contribution in [2.75, 3.05) is 0 Å². The quantitative estimate of drug-likeness (QED) is 0.165. The van der Waals surface area contributed by atoms with Crippen molar-refractivity contribution in [2.24, 2.45) is 0 Å². The van der Waals surface area contributed by atoms with Gasteiger partial charge >= 0.3 is 189 Å². The Labute approximate surface area is 213 Å². The SMILES string of the molecule is Cl.Cl.[Hf][CH]1C(P(c2ccccc2)c2ccccc2)=Cc2c(-c3ccccc3)cccc21. The van der Waals surface area contributed by atoms with Gasteiger partial charge in [-0.25, -0.2) is 0 Å². The molecule has 0 saturated carbocycles. The summed E-state index contributed by atoms with van der Waals surface area (Å²) in [7, 11) is -0.523. The monoisotopic (exact) mass is 627 g/mol. The van der Waals surface area contributed by atoms with E-state index >= 15 is 0 Å². The number of halogens is 2. The van der Waals surface area contributed by atoms with Gasteiger partial charge in [-0.3, -0.25) is 0 Å². The molecule has 0 bridgehead atoms. The van der Waals surface area contributed by atoms with E-state index in [4.69, 9.17) is 0 Å². The Balaban J connectivity index is 0.00000136. The fourth-order valence-corrected chi connectivity index (χ4v) is 9.14. The van der Waals surface area contributed by atoms with E-state index in [0.717, 1.165) is 24.4 Å². The van der Waals surface area contributed by atoms with Crippen molar-refractivity contribution in [2.45, 2.75) is 3.67 Å². The molecule has 0 heterocycles. The van der Waals surface area contributed by atoms with Crippen molar-refractivity contribution in [1.29, 1.82) is 0 Å². The normalized spacial score (nSPS) is 14.2. The molecule has 0 aliphatic heterocycles. The molecule has 0 saturated heterocycles. The number of fused-ring (bicyclic) bond motifs is 1. The summed E-state index contributed by atoms with van der Waals surface area (Å²) in [5.41, 5.74) is 5.59. The molecular formula is C27H22Cl2HfP. The van der Waals surface area contributed by atoms with E-state index in [-0.39, 0.29) is 24.8 Å². The summed E-state index contributed by atoms with van der Waals surface area (Å²) in [6.45, 7) is 0. The molecule has 4 aromatic carbocycles. The standard InChI is InChI=1S/C27H20P.2ClH.Hf/c1-4-11-21(12-5-1)26-18-10-13-22-19-25(20-27(22)26)28(23-14-6-2-7-15-23)24-16-8-3-9-17-24;;;/h1-20H;2*1H;. The van der Waals surface area contributed by atoms with Crippen LogP contribution in [0.4, 0.5) is 0 Å². The van der Waals surface area contributed by atoms with E-state index in [9.17, 15) is 0 Å². The van der Waals surface area contributed by atoms with Crippen LogP contribution in [0.15, 0.2) is 115 Å². The molecule has 1 atom stereocenters. The van der Waals surface area contributed by atoms with Crippen LogP contribution in [0.25, 0.3) is 17.2 Å². The fourth-order valence-electron chi connectivity index (χ4n) is 4.05. The van der Waals surface area contributed by atoms with Crippen molar-refractivity contribution in [3.05, 3.63) is 126 Å². The third-order valence-corrected chi connectivity index (χ3v) is 11.1.